The molecule has 0 amide bonds. The second-order valence-electron chi connectivity index (χ2n) is 7.56. The van der Waals surface area contributed by atoms with Crippen molar-refractivity contribution in [3.63, 3.8) is 0 Å². The van der Waals surface area contributed by atoms with Crippen molar-refractivity contribution in [2.75, 3.05) is 30.3 Å². The van der Waals surface area contributed by atoms with E-state index in [2.05, 4.69) is 56.9 Å². The Morgan fingerprint density at radius 2 is 1.81 bits per heavy atom. The number of thioether (sulfide) groups is 1. The van der Waals surface area contributed by atoms with Crippen molar-refractivity contribution in [3.05, 3.63) is 59.7 Å². The van der Waals surface area contributed by atoms with Crippen LogP contribution in [0.4, 0.5) is 5.95 Å². The first-order valence-electron chi connectivity index (χ1n) is 10.4. The van der Waals surface area contributed by atoms with E-state index in [1.807, 2.05) is 0 Å². The third kappa shape index (κ3) is 5.19. The van der Waals surface area contributed by atoms with E-state index in [1.54, 1.807) is 24.3 Å². The summed E-state index contributed by atoms with van der Waals surface area (Å²) in [6, 6.07) is 17.2. The van der Waals surface area contributed by atoms with Crippen LogP contribution in [0.25, 0.3) is 5.69 Å². The summed E-state index contributed by atoms with van der Waals surface area (Å²) in [5.74, 6) is 1.91. The minimum Gasteiger partial charge on any atom is -0.491 e. The van der Waals surface area contributed by atoms with Crippen LogP contribution in [0.1, 0.15) is 24.0 Å². The summed E-state index contributed by atoms with van der Waals surface area (Å²) in [5.41, 5.74) is 2.79. The highest BCUT2D eigenvalue weighted by molar-refractivity contribution is 7.99. The Labute approximate surface area is 186 Å². The zero-order chi connectivity index (χ0) is 21.6. The molecule has 1 aromatic heterocycles. The molecule has 1 aliphatic rings. The van der Waals surface area contributed by atoms with E-state index in [4.69, 9.17) is 10.00 Å². The topological polar surface area (TPSA) is 87.2 Å². The van der Waals surface area contributed by atoms with Gasteiger partial charge in [0.2, 0.25) is 5.95 Å². The molecule has 0 unspecified atom stereocenters. The molecule has 8 heteroatoms. The van der Waals surface area contributed by atoms with Crippen LogP contribution in [0.15, 0.2) is 53.7 Å². The van der Waals surface area contributed by atoms with Crippen molar-refractivity contribution in [3.8, 4) is 17.5 Å². The Morgan fingerprint density at radius 1 is 1.10 bits per heavy atom. The third-order valence-electron chi connectivity index (χ3n) is 5.13. The number of aryl methyl sites for hydroxylation is 1. The van der Waals surface area contributed by atoms with Gasteiger partial charge in [-0.1, -0.05) is 29.5 Å². The predicted octanol–water partition coefficient (Wildman–Crippen LogP) is 3.58. The lowest BCUT2D eigenvalue weighted by Gasteiger charge is -2.19. The number of aliphatic hydroxyl groups excluding tert-OH is 1. The lowest BCUT2D eigenvalue weighted by Crippen LogP contribution is -2.22. The van der Waals surface area contributed by atoms with Gasteiger partial charge in [-0.25, -0.2) is 0 Å². The van der Waals surface area contributed by atoms with Gasteiger partial charge in [-0.2, -0.15) is 5.26 Å². The fourth-order valence-corrected chi connectivity index (χ4v) is 4.29. The molecule has 2 aromatic carbocycles. The van der Waals surface area contributed by atoms with Crippen molar-refractivity contribution in [1.82, 2.24) is 14.8 Å². The molecular weight excluding hydrogens is 410 g/mol. The molecule has 1 fully saturated rings. The first kappa shape index (κ1) is 21.2. The summed E-state index contributed by atoms with van der Waals surface area (Å²) in [6.45, 7) is 4.19. The number of aliphatic hydroxyl groups is 1. The first-order chi connectivity index (χ1) is 15.1. The van der Waals surface area contributed by atoms with Gasteiger partial charge in [0.15, 0.2) is 5.16 Å². The number of hydrogen-bond donors (Lipinski definition) is 1. The Kier molecular flexibility index (Phi) is 6.75. The molecule has 1 atom stereocenters. The number of aromatic nitrogens is 3. The molecule has 0 spiro atoms. The second kappa shape index (κ2) is 9.86. The van der Waals surface area contributed by atoms with Crippen molar-refractivity contribution < 1.29 is 9.84 Å². The van der Waals surface area contributed by atoms with Gasteiger partial charge in [-0.15, -0.1) is 10.2 Å². The van der Waals surface area contributed by atoms with E-state index < -0.39 is 6.10 Å². The van der Waals surface area contributed by atoms with Crippen molar-refractivity contribution in [2.45, 2.75) is 31.0 Å². The molecule has 0 saturated carbocycles. The molecule has 160 valence electrons. The average Bonchev–Trinajstić information content (AvgIpc) is 3.47. The largest absolute Gasteiger partial charge is 0.491 e. The maximum absolute atomic E-state index is 10.4. The number of nitrogens with zero attached hydrogens (tertiary/aromatic N) is 5. The van der Waals surface area contributed by atoms with Crippen LogP contribution in [-0.4, -0.2) is 51.4 Å². The molecule has 0 radical (unpaired) electrons. The summed E-state index contributed by atoms with van der Waals surface area (Å²) < 4.78 is 7.72. The normalized spacial score (nSPS) is 14.4. The lowest BCUT2D eigenvalue weighted by molar-refractivity contribution is 0.126. The van der Waals surface area contributed by atoms with Crippen LogP contribution in [0.5, 0.6) is 5.75 Å². The fourth-order valence-electron chi connectivity index (χ4n) is 3.43. The van der Waals surface area contributed by atoms with E-state index in [9.17, 15) is 5.11 Å². The number of rotatable bonds is 8. The molecular formula is C23H25N5O2S. The van der Waals surface area contributed by atoms with Gasteiger partial charge in [0.1, 0.15) is 12.4 Å². The summed E-state index contributed by atoms with van der Waals surface area (Å²) in [7, 11) is 0. The second-order valence-corrected chi connectivity index (χ2v) is 8.55. The highest BCUT2D eigenvalue weighted by Gasteiger charge is 2.23. The van der Waals surface area contributed by atoms with E-state index in [0.29, 0.717) is 17.1 Å². The van der Waals surface area contributed by atoms with Gasteiger partial charge in [0.05, 0.1) is 23.4 Å². The zero-order valence-corrected chi connectivity index (χ0v) is 18.3. The standard InChI is InChI=1S/C23H25N5O2S/c1-17-4-8-19(9-5-17)28-22(27-12-2-3-13-27)25-26-23(28)31-16-20(29)15-30-21-10-6-18(14-24)7-11-21/h4-11,20,29H,2-3,12-13,15-16H2,1H3/t20-/m0/s1. The van der Waals surface area contributed by atoms with Gasteiger partial charge in [-0.3, -0.25) is 4.57 Å². The lowest BCUT2D eigenvalue weighted by atomic mass is 10.2. The van der Waals surface area contributed by atoms with Gasteiger partial charge >= 0.3 is 0 Å². The first-order valence-corrected chi connectivity index (χ1v) is 11.3. The third-order valence-corrected chi connectivity index (χ3v) is 6.20. The van der Waals surface area contributed by atoms with Crippen LogP contribution < -0.4 is 9.64 Å². The molecule has 1 aliphatic heterocycles. The van der Waals surface area contributed by atoms with Crippen LogP contribution >= 0.6 is 11.8 Å². The van der Waals surface area contributed by atoms with E-state index in [-0.39, 0.29) is 6.61 Å². The molecule has 7 nitrogen and oxygen atoms in total. The van der Waals surface area contributed by atoms with Gasteiger partial charge in [0.25, 0.3) is 0 Å². The maximum atomic E-state index is 10.4. The van der Waals surface area contributed by atoms with Crippen molar-refractivity contribution in [1.29, 1.82) is 5.26 Å². The quantitative estimate of drug-likeness (QED) is 0.541. The zero-order valence-electron chi connectivity index (χ0n) is 17.4. The minimum atomic E-state index is -0.668. The summed E-state index contributed by atoms with van der Waals surface area (Å²) in [6.07, 6.45) is 1.66. The molecule has 0 bridgehead atoms. The van der Waals surface area contributed by atoms with E-state index in [1.165, 1.54) is 17.3 Å². The minimum absolute atomic E-state index is 0.163. The Hall–Kier alpha value is -3.02. The molecule has 3 aromatic rings. The summed E-state index contributed by atoms with van der Waals surface area (Å²) >= 11 is 1.46. The molecule has 4 rings (SSSR count). The Balaban J connectivity index is 1.43. The smallest absolute Gasteiger partial charge is 0.232 e. The number of hydrogen-bond acceptors (Lipinski definition) is 7. The number of benzene rings is 2. The van der Waals surface area contributed by atoms with Crippen LogP contribution in [0.2, 0.25) is 0 Å². The van der Waals surface area contributed by atoms with E-state index >= 15 is 0 Å². The molecule has 0 aliphatic carbocycles. The summed E-state index contributed by atoms with van der Waals surface area (Å²) in [5, 5.41) is 28.9. The predicted molar refractivity (Wildman–Crippen MR) is 121 cm³/mol. The number of anilines is 1. The van der Waals surface area contributed by atoms with Gasteiger partial charge < -0.3 is 14.7 Å². The SMILES string of the molecule is Cc1ccc(-n2c(SC[C@@H](O)COc3ccc(C#N)cc3)nnc2N2CCCC2)cc1. The highest BCUT2D eigenvalue weighted by Crippen LogP contribution is 2.29. The Morgan fingerprint density at radius 3 is 2.48 bits per heavy atom. The van der Waals surface area contributed by atoms with Gasteiger partial charge in [0, 0.05) is 18.8 Å². The highest BCUT2D eigenvalue weighted by atomic mass is 32.2. The maximum Gasteiger partial charge on any atom is 0.232 e. The molecule has 31 heavy (non-hydrogen) atoms. The monoisotopic (exact) mass is 435 g/mol. The number of nitriles is 1. The van der Waals surface area contributed by atoms with Crippen molar-refractivity contribution >= 4 is 17.7 Å². The molecule has 1 saturated heterocycles. The average molecular weight is 436 g/mol. The Bertz CT molecular complexity index is 1040. The number of ether oxygens (including phenoxy) is 1. The van der Waals surface area contributed by atoms with Crippen LogP contribution in [-0.2, 0) is 0 Å². The van der Waals surface area contributed by atoms with E-state index in [0.717, 1.165) is 42.7 Å². The fraction of sp³-hybridized carbons (Fsp3) is 0.348. The summed E-state index contributed by atoms with van der Waals surface area (Å²) in [4.78, 5) is 2.27. The van der Waals surface area contributed by atoms with Crippen molar-refractivity contribution in [2.24, 2.45) is 0 Å². The van der Waals surface area contributed by atoms with Crippen LogP contribution in [0.3, 0.4) is 0 Å². The van der Waals surface area contributed by atoms with Gasteiger partial charge in [-0.05, 0) is 56.2 Å². The molecule has 2 heterocycles. The van der Waals surface area contributed by atoms with Crippen LogP contribution in [0, 0.1) is 18.3 Å². The molecule has 1 N–H and O–H groups in total.